The molecule has 0 aliphatic carbocycles. The minimum absolute atomic E-state index is 0.0143. The number of quaternary nitrogens is 1. The molecule has 5 atom stereocenters. The second kappa shape index (κ2) is 29.3. The number of unbranched alkanes of at least 4 members (excludes halogenated alkanes) is 1. The lowest BCUT2D eigenvalue weighted by molar-refractivity contribution is -0.308. The smallest absolute Gasteiger partial charge is 0.331 e. The van der Waals surface area contributed by atoms with Gasteiger partial charge in [0.05, 0.1) is 18.6 Å². The number of hydrogen-bond acceptors (Lipinski definition) is 12. The van der Waals surface area contributed by atoms with Gasteiger partial charge in [0.15, 0.2) is 5.96 Å². The molecule has 21 heteroatoms. The van der Waals surface area contributed by atoms with Crippen LogP contribution in [0.2, 0.25) is 0 Å². The molecule has 370 valence electrons. The number of rotatable bonds is 34. The molecule has 1 aromatic heterocycles. The number of ketones is 1. The van der Waals surface area contributed by atoms with Crippen molar-refractivity contribution in [3.8, 4) is 0 Å². The summed E-state index contributed by atoms with van der Waals surface area (Å²) >= 11 is 0. The molecule has 0 bridgehead atoms. The highest BCUT2D eigenvalue weighted by molar-refractivity contribution is 6.04. The van der Waals surface area contributed by atoms with Gasteiger partial charge in [0.2, 0.25) is 17.7 Å². The van der Waals surface area contributed by atoms with E-state index >= 15 is 0 Å². The molecule has 1 aliphatic rings. The van der Waals surface area contributed by atoms with E-state index in [4.69, 9.17) is 11.5 Å². The van der Waals surface area contributed by atoms with Gasteiger partial charge >= 0.3 is 11.9 Å². The Morgan fingerprint density at radius 3 is 2.26 bits per heavy atom. The number of aromatic amines is 1. The Kier molecular flexibility index (Phi) is 23.3. The molecule has 68 heavy (non-hydrogen) atoms. The van der Waals surface area contributed by atoms with Gasteiger partial charge in [-0.25, -0.2) is 9.59 Å². The fraction of sp³-hybridized carbons (Fsp3) is 0.511. The van der Waals surface area contributed by atoms with Crippen molar-refractivity contribution in [1.82, 2.24) is 47.1 Å². The van der Waals surface area contributed by atoms with E-state index in [1.165, 1.54) is 0 Å². The molecule has 4 rings (SSSR count). The van der Waals surface area contributed by atoms with Crippen molar-refractivity contribution in [2.75, 3.05) is 46.3 Å². The normalized spacial score (nSPS) is 15.2. The van der Waals surface area contributed by atoms with Crippen LogP contribution in [-0.4, -0.2) is 140 Å². The molecule has 7 amide bonds. The molecule has 3 aromatic rings. The van der Waals surface area contributed by atoms with Crippen molar-refractivity contribution >= 4 is 64.5 Å². The molecule has 1 saturated heterocycles. The Bertz CT molecular complexity index is 2160. The van der Waals surface area contributed by atoms with Gasteiger partial charge in [0.1, 0.15) is 30.2 Å². The number of likely N-dealkylation sites (N-methyl/N-ethyl adjacent to an activating group) is 1. The Labute approximate surface area is 396 Å². The van der Waals surface area contributed by atoms with Crippen LogP contribution in [0.1, 0.15) is 75.3 Å². The first-order chi connectivity index (χ1) is 32.8. The standard InChI is InChI=1S/C47H69N13O8/c1-51-36(17-9-24-55-46(49)50)43(65)58-39(29-32-30-56-34-15-6-5-14-33(32)34)44(66)57-35(42(48)64)16-7-8-23-53-38(28-31-12-3-2-4-13-31)40(62)20-19-37-45(67)60(47(68)59-37)26-11-22-52-21-10-18-41(63)54-25-27-61/h2-6,12-15,27,30,35-39,51-53,56H,7-11,16-26,28-29H2,1H3,(H2,48,64)(H,54,63)(H,57,66)(H,58,65)(H,59,68)(H4,49,50,55)/p+1. The predicted molar refractivity (Wildman–Crippen MR) is 256 cm³/mol. The highest BCUT2D eigenvalue weighted by atomic mass is 16.2. The molecule has 0 radical (unpaired) electrons. The Morgan fingerprint density at radius 2 is 1.53 bits per heavy atom. The zero-order chi connectivity index (χ0) is 49.3. The molecule has 5 unspecified atom stereocenters. The number of aldehydes is 1. The lowest BCUT2D eigenvalue weighted by Crippen LogP contribution is -2.67. The number of guanidine groups is 1. The Morgan fingerprint density at radius 1 is 0.824 bits per heavy atom. The third-order valence-electron chi connectivity index (χ3n) is 11.7. The highest BCUT2D eigenvalue weighted by Gasteiger charge is 2.38. The van der Waals surface area contributed by atoms with Crippen molar-refractivity contribution in [2.45, 2.75) is 107 Å². The zero-order valence-electron chi connectivity index (χ0n) is 39.0. The second-order valence-corrected chi connectivity index (χ2v) is 16.8. The molecule has 15 N–H and O–H groups in total. The van der Waals surface area contributed by atoms with Crippen LogP contribution in [0.5, 0.6) is 0 Å². The van der Waals surface area contributed by atoms with E-state index in [9.17, 15) is 38.4 Å². The van der Waals surface area contributed by atoms with E-state index in [0.29, 0.717) is 77.4 Å². The van der Waals surface area contributed by atoms with Crippen molar-refractivity contribution in [1.29, 1.82) is 0 Å². The van der Waals surface area contributed by atoms with E-state index in [1.807, 2.05) is 54.6 Å². The number of nitrogens with zero attached hydrogens (tertiary/aromatic N) is 2. The van der Waals surface area contributed by atoms with Crippen molar-refractivity contribution in [3.63, 3.8) is 0 Å². The van der Waals surface area contributed by atoms with Gasteiger partial charge < -0.3 is 58.5 Å². The molecule has 21 nitrogen and oxygen atoms in total. The number of aliphatic imine (C=N–C) groups is 1. The maximum Gasteiger partial charge on any atom is 0.331 e. The van der Waals surface area contributed by atoms with Gasteiger partial charge in [-0.15, -0.1) is 0 Å². The maximum atomic E-state index is 14.0. The number of amides is 7. The van der Waals surface area contributed by atoms with Crippen molar-refractivity contribution < 1.29 is 44.1 Å². The number of carbonyl (C=O) groups excluding carboxylic acids is 8. The number of carbonyl (C=O) groups is 8. The Balaban J connectivity index is 1.29. The summed E-state index contributed by atoms with van der Waals surface area (Å²) in [6, 6.07) is 12.6. The first-order valence-corrected chi connectivity index (χ1v) is 23.4. The summed E-state index contributed by atoms with van der Waals surface area (Å²) in [7, 11) is 1.65. The lowest BCUT2D eigenvalue weighted by Gasteiger charge is -2.24. The predicted octanol–water partition coefficient (Wildman–Crippen LogP) is -1.19. The number of nitrogens with two attached hydrogens (primary N) is 2. The van der Waals surface area contributed by atoms with Gasteiger partial charge in [-0.2, -0.15) is 0 Å². The third-order valence-corrected chi connectivity index (χ3v) is 11.7. The second-order valence-electron chi connectivity index (χ2n) is 16.8. The summed E-state index contributed by atoms with van der Waals surface area (Å²) in [4.78, 5) is 110. The van der Waals surface area contributed by atoms with Crippen LogP contribution < -0.4 is 54.4 Å². The van der Waals surface area contributed by atoms with E-state index in [-0.39, 0.29) is 68.8 Å². The molecule has 2 heterocycles. The van der Waals surface area contributed by atoms with Crippen molar-refractivity contribution in [2.24, 2.45) is 16.5 Å². The third kappa shape index (κ3) is 18.3. The van der Waals surface area contributed by atoms with Crippen LogP contribution in [0, 0.1) is 0 Å². The first-order valence-electron chi connectivity index (χ1n) is 23.4. The van der Waals surface area contributed by atoms with E-state index in [1.54, 1.807) is 13.2 Å². The molecular formula is C47H70N13O8+. The number of aromatic nitrogens is 1. The van der Waals surface area contributed by atoms with E-state index < -0.39 is 54.0 Å². The SMILES string of the molecule is CNC(CCCN=C(N)N)C(=O)NC(Cc1c[nH]c2ccccc12)C(=O)NC(CCCCNC(Cc1ccccc1)C(=O)CCC1NC(=O)N(CCCNCCCC(=O)NCC=O)C1=O)C([NH3+])=O. The van der Waals surface area contributed by atoms with Gasteiger partial charge in [0.25, 0.3) is 5.91 Å². The molecule has 1 aliphatic heterocycles. The van der Waals surface area contributed by atoms with Crippen LogP contribution >= 0.6 is 0 Å². The van der Waals surface area contributed by atoms with Crippen LogP contribution in [0.4, 0.5) is 4.79 Å². The number of nitrogens with one attached hydrogen (secondary N) is 8. The lowest BCUT2D eigenvalue weighted by atomic mass is 9.97. The average Bonchev–Trinajstić information content (AvgIpc) is 3.86. The highest BCUT2D eigenvalue weighted by Crippen LogP contribution is 2.20. The molecule has 2 aromatic carbocycles. The minimum Gasteiger partial charge on any atom is -0.370 e. The fourth-order valence-corrected chi connectivity index (χ4v) is 7.95. The average molecular weight is 945 g/mol. The van der Waals surface area contributed by atoms with Crippen LogP contribution in [0.15, 0.2) is 65.8 Å². The fourth-order valence-electron chi connectivity index (χ4n) is 7.95. The van der Waals surface area contributed by atoms with Gasteiger partial charge in [-0.1, -0.05) is 48.5 Å². The Hall–Kier alpha value is -6.55. The molecular weight excluding hydrogens is 875 g/mol. The monoisotopic (exact) mass is 945 g/mol. The summed E-state index contributed by atoms with van der Waals surface area (Å²) in [5.41, 5.74) is 17.1. The summed E-state index contributed by atoms with van der Waals surface area (Å²) < 4.78 is 0. The topological polar surface area (TPSA) is 332 Å². The minimum atomic E-state index is -1.03. The van der Waals surface area contributed by atoms with Crippen LogP contribution in [0.3, 0.4) is 0 Å². The van der Waals surface area contributed by atoms with Gasteiger partial charge in [-0.05, 0) is 102 Å². The van der Waals surface area contributed by atoms with E-state index in [2.05, 4.69) is 52.9 Å². The number of hydrogen-bond donors (Lipinski definition) is 11. The number of benzene rings is 2. The quantitative estimate of drug-likeness (QED) is 0.0110. The summed E-state index contributed by atoms with van der Waals surface area (Å²) in [6.07, 6.45) is 6.75. The van der Waals surface area contributed by atoms with Gasteiger partial charge in [0, 0.05) is 49.5 Å². The number of para-hydroxylation sites is 1. The molecule has 1 fully saturated rings. The number of Topliss-reactive ketones (excluding diaryl/α,β-unsaturated/α-hetero) is 1. The molecule has 0 saturated carbocycles. The van der Waals surface area contributed by atoms with Crippen LogP contribution in [-0.2, 0) is 46.4 Å². The first kappa shape index (κ1) is 54.1. The number of imide groups is 1. The zero-order valence-corrected chi connectivity index (χ0v) is 39.0. The summed E-state index contributed by atoms with van der Waals surface area (Å²) in [6.45, 7) is 2.03. The van der Waals surface area contributed by atoms with Gasteiger partial charge in [-0.3, -0.25) is 39.6 Å². The summed E-state index contributed by atoms with van der Waals surface area (Å²) in [5, 5.41) is 21.4. The van der Waals surface area contributed by atoms with Crippen LogP contribution in [0.25, 0.3) is 10.9 Å². The largest absolute Gasteiger partial charge is 0.370 e. The van der Waals surface area contributed by atoms with E-state index in [0.717, 1.165) is 26.9 Å². The number of H-pyrrole nitrogens is 1. The number of fused-ring (bicyclic) bond motifs is 1. The molecule has 0 spiro atoms. The maximum absolute atomic E-state index is 14.0. The summed E-state index contributed by atoms with van der Waals surface area (Å²) in [5.74, 6) is -2.16. The number of urea groups is 1. The van der Waals surface area contributed by atoms with Crippen molar-refractivity contribution in [3.05, 3.63) is 71.9 Å².